The van der Waals surface area contributed by atoms with Gasteiger partial charge in [0.25, 0.3) is 5.56 Å². The van der Waals surface area contributed by atoms with E-state index in [1.165, 1.54) is 9.13 Å². The van der Waals surface area contributed by atoms with Crippen LogP contribution in [0.1, 0.15) is 23.9 Å². The van der Waals surface area contributed by atoms with Gasteiger partial charge < -0.3 is 4.57 Å². The molecule has 4 rings (SSSR count). The standard InChI is InChI=1S/C20H23N5O2/c1-5-23-13(2)14(3)25-16-17(21-19(23)25)22(4)20(27)24(18(16)26)12-11-15-9-7-6-8-10-15/h6-10H,5,11-12H2,1-4H3. The molecule has 0 aliphatic heterocycles. The van der Waals surface area contributed by atoms with Crippen LogP contribution in [0.25, 0.3) is 16.9 Å². The summed E-state index contributed by atoms with van der Waals surface area (Å²) < 4.78 is 6.74. The number of fused-ring (bicyclic) bond motifs is 3. The summed E-state index contributed by atoms with van der Waals surface area (Å²) in [5, 5.41) is 0. The Kier molecular flexibility index (Phi) is 4.02. The zero-order valence-electron chi connectivity index (χ0n) is 16.1. The molecule has 7 nitrogen and oxygen atoms in total. The van der Waals surface area contributed by atoms with Crippen LogP contribution in [0.4, 0.5) is 0 Å². The van der Waals surface area contributed by atoms with Crippen molar-refractivity contribution < 1.29 is 0 Å². The Labute approximate surface area is 156 Å². The highest BCUT2D eigenvalue weighted by Gasteiger charge is 2.21. The molecular formula is C20H23N5O2. The summed E-state index contributed by atoms with van der Waals surface area (Å²) >= 11 is 0. The zero-order valence-corrected chi connectivity index (χ0v) is 16.1. The quantitative estimate of drug-likeness (QED) is 0.556. The first-order valence-corrected chi connectivity index (χ1v) is 9.17. The molecule has 0 amide bonds. The second-order valence-electron chi connectivity index (χ2n) is 6.87. The number of imidazole rings is 2. The lowest BCUT2D eigenvalue weighted by atomic mass is 10.1. The van der Waals surface area contributed by atoms with Crippen LogP contribution < -0.4 is 11.2 Å². The molecule has 140 valence electrons. The van der Waals surface area contributed by atoms with Crippen molar-refractivity contribution in [2.45, 2.75) is 40.3 Å². The van der Waals surface area contributed by atoms with Gasteiger partial charge in [-0.05, 0) is 32.8 Å². The third-order valence-electron chi connectivity index (χ3n) is 5.41. The van der Waals surface area contributed by atoms with Gasteiger partial charge in [-0.25, -0.2) is 4.79 Å². The Morgan fingerprint density at radius 2 is 1.70 bits per heavy atom. The second-order valence-corrected chi connectivity index (χ2v) is 6.87. The molecule has 3 heterocycles. The van der Waals surface area contributed by atoms with Gasteiger partial charge in [-0.15, -0.1) is 0 Å². The zero-order chi connectivity index (χ0) is 19.3. The molecule has 0 unspecified atom stereocenters. The van der Waals surface area contributed by atoms with Crippen molar-refractivity contribution in [3.05, 3.63) is 68.1 Å². The van der Waals surface area contributed by atoms with Crippen molar-refractivity contribution in [2.24, 2.45) is 7.05 Å². The fourth-order valence-electron chi connectivity index (χ4n) is 3.78. The molecule has 4 aromatic rings. The van der Waals surface area contributed by atoms with Crippen LogP contribution in [0, 0.1) is 13.8 Å². The summed E-state index contributed by atoms with van der Waals surface area (Å²) in [4.78, 5) is 30.7. The molecule has 0 N–H and O–H groups in total. The van der Waals surface area contributed by atoms with Gasteiger partial charge in [0.1, 0.15) is 0 Å². The van der Waals surface area contributed by atoms with Gasteiger partial charge in [-0.1, -0.05) is 30.3 Å². The number of hydrogen-bond acceptors (Lipinski definition) is 3. The molecule has 27 heavy (non-hydrogen) atoms. The third-order valence-corrected chi connectivity index (χ3v) is 5.41. The van der Waals surface area contributed by atoms with Gasteiger partial charge >= 0.3 is 5.69 Å². The highest BCUT2D eigenvalue weighted by atomic mass is 16.2. The normalized spacial score (nSPS) is 11.7. The molecule has 0 atom stereocenters. The molecule has 1 aromatic carbocycles. The summed E-state index contributed by atoms with van der Waals surface area (Å²) in [5.74, 6) is 0.704. The maximum absolute atomic E-state index is 13.2. The summed E-state index contributed by atoms with van der Waals surface area (Å²) in [5.41, 5.74) is 3.42. The Bertz CT molecular complexity index is 1270. The molecule has 0 fully saturated rings. The Hall–Kier alpha value is -3.09. The van der Waals surface area contributed by atoms with Crippen LogP contribution in [-0.4, -0.2) is 23.1 Å². The lowest BCUT2D eigenvalue weighted by molar-refractivity contribution is 0.602. The smallest absolute Gasteiger partial charge is 0.314 e. The highest BCUT2D eigenvalue weighted by molar-refractivity contribution is 5.76. The van der Waals surface area contributed by atoms with Crippen molar-refractivity contribution >= 4 is 16.9 Å². The van der Waals surface area contributed by atoms with E-state index < -0.39 is 0 Å². The minimum absolute atomic E-state index is 0.284. The van der Waals surface area contributed by atoms with Crippen LogP contribution in [0.5, 0.6) is 0 Å². The lowest BCUT2D eigenvalue weighted by Crippen LogP contribution is -2.39. The number of rotatable bonds is 4. The highest BCUT2D eigenvalue weighted by Crippen LogP contribution is 2.20. The topological polar surface area (TPSA) is 66.2 Å². The molecule has 0 spiro atoms. The predicted octanol–water partition coefficient (Wildman–Crippen LogP) is 2.03. The average Bonchev–Trinajstić information content (AvgIpc) is 3.17. The summed E-state index contributed by atoms with van der Waals surface area (Å²) in [7, 11) is 1.67. The number of aromatic nitrogens is 5. The fourth-order valence-corrected chi connectivity index (χ4v) is 3.78. The van der Waals surface area contributed by atoms with Gasteiger partial charge in [-0.3, -0.25) is 18.3 Å². The van der Waals surface area contributed by atoms with E-state index in [9.17, 15) is 9.59 Å². The largest absolute Gasteiger partial charge is 0.332 e. The molecule has 0 aliphatic carbocycles. The Balaban J connectivity index is 1.97. The van der Waals surface area contributed by atoms with Crippen molar-refractivity contribution in [3.63, 3.8) is 0 Å². The molecule has 7 heteroatoms. The molecule has 0 saturated carbocycles. The van der Waals surface area contributed by atoms with Gasteiger partial charge in [0.15, 0.2) is 11.2 Å². The number of nitrogens with zero attached hydrogens (tertiary/aromatic N) is 5. The van der Waals surface area contributed by atoms with E-state index in [1.54, 1.807) is 7.05 Å². The van der Waals surface area contributed by atoms with E-state index in [4.69, 9.17) is 0 Å². The Morgan fingerprint density at radius 1 is 1.00 bits per heavy atom. The first-order valence-electron chi connectivity index (χ1n) is 9.17. The summed E-state index contributed by atoms with van der Waals surface area (Å²) in [6.45, 7) is 7.14. The van der Waals surface area contributed by atoms with Crippen LogP contribution in [-0.2, 0) is 26.6 Å². The molecule has 0 radical (unpaired) electrons. The molecular weight excluding hydrogens is 342 g/mol. The number of benzene rings is 1. The monoisotopic (exact) mass is 365 g/mol. The maximum Gasteiger partial charge on any atom is 0.332 e. The van der Waals surface area contributed by atoms with Crippen molar-refractivity contribution in [1.29, 1.82) is 0 Å². The van der Waals surface area contributed by atoms with Crippen LogP contribution in [0.2, 0.25) is 0 Å². The van der Waals surface area contributed by atoms with Gasteiger partial charge in [0, 0.05) is 31.5 Å². The Morgan fingerprint density at radius 3 is 2.37 bits per heavy atom. The maximum atomic E-state index is 13.2. The van der Waals surface area contributed by atoms with E-state index in [1.807, 2.05) is 55.5 Å². The van der Waals surface area contributed by atoms with E-state index in [-0.39, 0.29) is 11.2 Å². The van der Waals surface area contributed by atoms with Gasteiger partial charge in [-0.2, -0.15) is 4.98 Å². The summed E-state index contributed by atoms with van der Waals surface area (Å²) in [6.07, 6.45) is 0.622. The van der Waals surface area contributed by atoms with E-state index in [0.717, 1.165) is 23.5 Å². The predicted molar refractivity (Wildman–Crippen MR) is 105 cm³/mol. The first-order chi connectivity index (χ1) is 13.0. The van der Waals surface area contributed by atoms with Gasteiger partial charge in [0.2, 0.25) is 5.78 Å². The molecule has 0 bridgehead atoms. The first kappa shape index (κ1) is 17.3. The van der Waals surface area contributed by atoms with Crippen molar-refractivity contribution in [3.8, 4) is 0 Å². The molecule has 0 aliphatic rings. The minimum atomic E-state index is -0.332. The van der Waals surface area contributed by atoms with Crippen LogP contribution in [0.15, 0.2) is 39.9 Å². The third kappa shape index (κ3) is 2.45. The van der Waals surface area contributed by atoms with E-state index in [2.05, 4.69) is 9.55 Å². The lowest BCUT2D eigenvalue weighted by Gasteiger charge is -2.08. The SMILES string of the molecule is CCn1c(C)c(C)n2c3c(=O)n(CCc4ccccc4)c(=O)n(C)c3nc12. The van der Waals surface area contributed by atoms with Gasteiger partial charge in [0.05, 0.1) is 0 Å². The van der Waals surface area contributed by atoms with Crippen LogP contribution >= 0.6 is 0 Å². The molecule has 3 aromatic heterocycles. The summed E-state index contributed by atoms with van der Waals surface area (Å²) in [6, 6.07) is 9.87. The fraction of sp³-hybridized carbons (Fsp3) is 0.350. The number of aryl methyl sites for hydroxylation is 4. The average molecular weight is 365 g/mol. The van der Waals surface area contributed by atoms with Crippen molar-refractivity contribution in [2.75, 3.05) is 0 Å². The van der Waals surface area contributed by atoms with E-state index in [0.29, 0.717) is 29.9 Å². The van der Waals surface area contributed by atoms with Crippen LogP contribution in [0.3, 0.4) is 0 Å². The number of hydrogen-bond donors (Lipinski definition) is 0. The van der Waals surface area contributed by atoms with E-state index >= 15 is 0 Å². The minimum Gasteiger partial charge on any atom is -0.314 e. The van der Waals surface area contributed by atoms with Crippen molar-refractivity contribution in [1.82, 2.24) is 23.1 Å². The molecule has 0 saturated heterocycles. The second kappa shape index (κ2) is 6.26.